The van der Waals surface area contributed by atoms with Gasteiger partial charge in [-0.2, -0.15) is 0 Å². The Morgan fingerprint density at radius 3 is 2.48 bits per heavy atom. The van der Waals surface area contributed by atoms with Gasteiger partial charge in [-0.25, -0.2) is 13.6 Å². The van der Waals surface area contributed by atoms with Crippen molar-refractivity contribution in [2.45, 2.75) is 18.9 Å². The predicted molar refractivity (Wildman–Crippen MR) is 103 cm³/mol. The van der Waals surface area contributed by atoms with E-state index in [-0.39, 0.29) is 11.6 Å². The first-order valence-corrected chi connectivity index (χ1v) is 8.98. The van der Waals surface area contributed by atoms with Gasteiger partial charge in [0, 0.05) is 18.7 Å². The number of nitrogens with zero attached hydrogens (tertiary/aromatic N) is 1. The molecule has 1 aliphatic rings. The molecule has 29 heavy (non-hydrogen) atoms. The van der Waals surface area contributed by atoms with Crippen molar-refractivity contribution in [2.75, 3.05) is 31.4 Å². The molecule has 2 aromatic carbocycles. The summed E-state index contributed by atoms with van der Waals surface area (Å²) in [7, 11) is 2.99. The largest absolute Gasteiger partial charge is 0.497 e. The molecule has 2 aromatic rings. The molecule has 1 fully saturated rings. The Morgan fingerprint density at radius 1 is 1.03 bits per heavy atom. The summed E-state index contributed by atoms with van der Waals surface area (Å²) < 4.78 is 37.2. The summed E-state index contributed by atoms with van der Waals surface area (Å²) in [6, 6.07) is 6.45. The molecule has 1 aliphatic heterocycles. The van der Waals surface area contributed by atoms with Gasteiger partial charge in [-0.05, 0) is 37.1 Å². The van der Waals surface area contributed by atoms with Crippen molar-refractivity contribution < 1.29 is 27.8 Å². The van der Waals surface area contributed by atoms with Crippen LogP contribution in [0.3, 0.4) is 0 Å². The fourth-order valence-electron chi connectivity index (χ4n) is 3.18. The summed E-state index contributed by atoms with van der Waals surface area (Å²) in [6.45, 7) is 0.340. The van der Waals surface area contributed by atoms with Crippen LogP contribution in [0.4, 0.5) is 25.0 Å². The number of anilines is 2. The molecule has 3 amide bonds. The molecule has 0 aliphatic carbocycles. The third-order valence-corrected chi connectivity index (χ3v) is 4.66. The molecule has 1 atom stereocenters. The van der Waals surface area contributed by atoms with E-state index in [1.165, 1.54) is 19.1 Å². The molecule has 1 unspecified atom stereocenters. The van der Waals surface area contributed by atoms with E-state index in [4.69, 9.17) is 9.47 Å². The van der Waals surface area contributed by atoms with Crippen molar-refractivity contribution in [3.63, 3.8) is 0 Å². The van der Waals surface area contributed by atoms with Crippen molar-refractivity contribution >= 4 is 23.3 Å². The summed E-state index contributed by atoms with van der Waals surface area (Å²) in [4.78, 5) is 26.7. The highest BCUT2D eigenvalue weighted by Gasteiger charge is 2.34. The van der Waals surface area contributed by atoms with Crippen LogP contribution in [0.25, 0.3) is 0 Å². The molecule has 9 heteroatoms. The predicted octanol–water partition coefficient (Wildman–Crippen LogP) is 3.62. The van der Waals surface area contributed by atoms with Gasteiger partial charge in [0.1, 0.15) is 29.2 Å². The Bertz CT molecular complexity index is 923. The van der Waals surface area contributed by atoms with Gasteiger partial charge in [-0.3, -0.25) is 4.79 Å². The van der Waals surface area contributed by atoms with E-state index in [2.05, 4.69) is 10.6 Å². The smallest absolute Gasteiger partial charge is 0.322 e. The summed E-state index contributed by atoms with van der Waals surface area (Å²) in [6.07, 6.45) is 1.08. The number of ether oxygens (including phenoxy) is 2. The maximum atomic E-state index is 13.8. The molecule has 0 aromatic heterocycles. The van der Waals surface area contributed by atoms with Gasteiger partial charge in [0.15, 0.2) is 0 Å². The standard InChI is InChI=1S/C20H21F2N3O4/c1-28-13-6-8-16(18(11-13)29-2)23-19(26)17-4-3-9-25(17)20(27)24-15-7-5-12(21)10-14(15)22/h5-8,10-11,17H,3-4,9H2,1-2H3,(H,23,26)(H,24,27). The van der Waals surface area contributed by atoms with E-state index in [1.54, 1.807) is 18.2 Å². The topological polar surface area (TPSA) is 79.9 Å². The number of carbonyl (C=O) groups excluding carboxylic acids is 2. The van der Waals surface area contributed by atoms with Gasteiger partial charge in [-0.15, -0.1) is 0 Å². The van der Waals surface area contributed by atoms with E-state index in [9.17, 15) is 18.4 Å². The van der Waals surface area contributed by atoms with E-state index < -0.39 is 23.7 Å². The van der Waals surface area contributed by atoms with Crippen LogP contribution < -0.4 is 20.1 Å². The van der Waals surface area contributed by atoms with Crippen molar-refractivity contribution in [3.8, 4) is 11.5 Å². The van der Waals surface area contributed by atoms with Crippen molar-refractivity contribution in [1.29, 1.82) is 0 Å². The number of methoxy groups -OCH3 is 2. The molecular formula is C20H21F2N3O4. The molecule has 1 saturated heterocycles. The molecule has 154 valence electrons. The fraction of sp³-hybridized carbons (Fsp3) is 0.300. The van der Waals surface area contributed by atoms with Crippen LogP contribution in [0, 0.1) is 11.6 Å². The second-order valence-corrected chi connectivity index (χ2v) is 6.46. The fourth-order valence-corrected chi connectivity index (χ4v) is 3.18. The van der Waals surface area contributed by atoms with Gasteiger partial charge >= 0.3 is 6.03 Å². The third kappa shape index (κ3) is 4.56. The molecule has 7 nitrogen and oxygen atoms in total. The number of hydrogen-bond donors (Lipinski definition) is 2. The number of halogens is 2. The Hall–Kier alpha value is -3.36. The zero-order valence-electron chi connectivity index (χ0n) is 16.0. The number of hydrogen-bond acceptors (Lipinski definition) is 4. The number of benzene rings is 2. The molecule has 2 N–H and O–H groups in total. The van der Waals surface area contributed by atoms with Crippen LogP contribution in [0.1, 0.15) is 12.8 Å². The van der Waals surface area contributed by atoms with Crippen LogP contribution in [-0.4, -0.2) is 43.6 Å². The average molecular weight is 405 g/mol. The number of nitrogens with one attached hydrogen (secondary N) is 2. The molecular weight excluding hydrogens is 384 g/mol. The van der Waals surface area contributed by atoms with Crippen molar-refractivity contribution in [1.82, 2.24) is 4.90 Å². The first-order valence-electron chi connectivity index (χ1n) is 8.98. The minimum Gasteiger partial charge on any atom is -0.497 e. The lowest BCUT2D eigenvalue weighted by Gasteiger charge is -2.24. The second-order valence-electron chi connectivity index (χ2n) is 6.46. The third-order valence-electron chi connectivity index (χ3n) is 4.66. The lowest BCUT2D eigenvalue weighted by atomic mass is 10.2. The number of rotatable bonds is 5. The zero-order valence-corrected chi connectivity index (χ0v) is 16.0. The van der Waals surface area contributed by atoms with Gasteiger partial charge in [0.05, 0.1) is 25.6 Å². The molecule has 0 spiro atoms. The Balaban J connectivity index is 1.71. The Morgan fingerprint density at radius 2 is 1.79 bits per heavy atom. The molecule has 0 bridgehead atoms. The number of urea groups is 1. The van der Waals surface area contributed by atoms with E-state index in [0.717, 1.165) is 12.1 Å². The van der Waals surface area contributed by atoms with Crippen molar-refractivity contribution in [2.24, 2.45) is 0 Å². The summed E-state index contributed by atoms with van der Waals surface area (Å²) in [5.41, 5.74) is 0.286. The van der Waals surface area contributed by atoms with Crippen LogP contribution in [0.5, 0.6) is 11.5 Å². The number of amides is 3. The summed E-state index contributed by atoms with van der Waals surface area (Å²) in [5, 5.41) is 5.15. The van der Waals surface area contributed by atoms with E-state index in [0.29, 0.717) is 42.6 Å². The Labute approximate surface area is 166 Å². The zero-order chi connectivity index (χ0) is 21.0. The quantitative estimate of drug-likeness (QED) is 0.796. The maximum absolute atomic E-state index is 13.8. The number of likely N-dealkylation sites (tertiary alicyclic amines) is 1. The molecule has 3 rings (SSSR count). The highest BCUT2D eigenvalue weighted by Crippen LogP contribution is 2.30. The average Bonchev–Trinajstić information content (AvgIpc) is 3.20. The summed E-state index contributed by atoms with van der Waals surface area (Å²) in [5.74, 6) is -1.03. The van der Waals surface area contributed by atoms with Gasteiger partial charge < -0.3 is 25.0 Å². The SMILES string of the molecule is COc1ccc(NC(=O)C2CCCN2C(=O)Nc2ccc(F)cc2F)c(OC)c1. The van der Waals surface area contributed by atoms with E-state index in [1.807, 2.05) is 0 Å². The molecule has 0 radical (unpaired) electrons. The lowest BCUT2D eigenvalue weighted by molar-refractivity contribution is -0.119. The highest BCUT2D eigenvalue weighted by molar-refractivity contribution is 6.00. The van der Waals surface area contributed by atoms with Crippen molar-refractivity contribution in [3.05, 3.63) is 48.0 Å². The molecule has 0 saturated carbocycles. The minimum absolute atomic E-state index is 0.153. The van der Waals surface area contributed by atoms with Crippen LogP contribution in [0.2, 0.25) is 0 Å². The maximum Gasteiger partial charge on any atom is 0.322 e. The minimum atomic E-state index is -0.887. The van der Waals surface area contributed by atoms with Gasteiger partial charge in [-0.1, -0.05) is 0 Å². The lowest BCUT2D eigenvalue weighted by Crippen LogP contribution is -2.45. The summed E-state index contributed by atoms with van der Waals surface area (Å²) >= 11 is 0. The first-order chi connectivity index (χ1) is 13.9. The van der Waals surface area contributed by atoms with Gasteiger partial charge in [0.25, 0.3) is 0 Å². The highest BCUT2D eigenvalue weighted by atomic mass is 19.1. The monoisotopic (exact) mass is 405 g/mol. The number of carbonyl (C=O) groups is 2. The first kappa shape index (κ1) is 20.4. The van der Waals surface area contributed by atoms with Crippen LogP contribution >= 0.6 is 0 Å². The normalized spacial score (nSPS) is 15.7. The van der Waals surface area contributed by atoms with Crippen LogP contribution in [0.15, 0.2) is 36.4 Å². The Kier molecular flexibility index (Phi) is 6.16. The molecule has 1 heterocycles. The van der Waals surface area contributed by atoms with Crippen LogP contribution in [-0.2, 0) is 4.79 Å². The second kappa shape index (κ2) is 8.76. The van der Waals surface area contributed by atoms with Gasteiger partial charge in [0.2, 0.25) is 5.91 Å². The van der Waals surface area contributed by atoms with E-state index >= 15 is 0 Å².